The molecule has 2 bridgehead atoms. The Morgan fingerprint density at radius 3 is 2.00 bits per heavy atom. The van der Waals surface area contributed by atoms with Crippen LogP contribution in [0.2, 0.25) is 0 Å². The first-order valence-electron chi connectivity index (χ1n) is 12.2. The van der Waals surface area contributed by atoms with Crippen molar-refractivity contribution in [3.05, 3.63) is 83.4 Å². The van der Waals surface area contributed by atoms with E-state index in [0.29, 0.717) is 17.8 Å². The first kappa shape index (κ1) is 22.8. The van der Waals surface area contributed by atoms with Crippen LogP contribution in [-0.2, 0) is 10.2 Å². The fourth-order valence-corrected chi connectivity index (χ4v) is 5.84. The van der Waals surface area contributed by atoms with E-state index in [2.05, 4.69) is 61.3 Å². The van der Waals surface area contributed by atoms with Crippen molar-refractivity contribution in [1.29, 1.82) is 0 Å². The van der Waals surface area contributed by atoms with Gasteiger partial charge in [-0.3, -0.25) is 4.79 Å². The van der Waals surface area contributed by atoms with Crippen molar-refractivity contribution in [2.75, 3.05) is 26.2 Å². The average molecular weight is 431 g/mol. The predicted molar refractivity (Wildman–Crippen MR) is 133 cm³/mol. The maximum absolute atomic E-state index is 13.7. The first-order chi connectivity index (χ1) is 15.5. The Hall–Kier alpha value is -2.39. The summed E-state index contributed by atoms with van der Waals surface area (Å²) in [4.78, 5) is 16.3. The Bertz CT molecular complexity index is 863. The van der Waals surface area contributed by atoms with Crippen LogP contribution >= 0.6 is 0 Å². The Morgan fingerprint density at radius 1 is 0.969 bits per heavy atom. The molecule has 2 aromatic rings. The molecule has 2 fully saturated rings. The van der Waals surface area contributed by atoms with Crippen LogP contribution in [0.1, 0.15) is 51.2 Å². The number of rotatable bonds is 8. The number of hydrogen-bond donors (Lipinski definition) is 1. The van der Waals surface area contributed by atoms with Gasteiger partial charge in [0.1, 0.15) is 0 Å². The van der Waals surface area contributed by atoms with Crippen molar-refractivity contribution in [2.24, 2.45) is 17.8 Å². The lowest BCUT2D eigenvalue weighted by molar-refractivity contribution is -0.125. The quantitative estimate of drug-likeness (QED) is 0.567. The molecule has 2 unspecified atom stereocenters. The molecule has 0 radical (unpaired) electrons. The molecule has 0 aromatic heterocycles. The van der Waals surface area contributed by atoms with Crippen molar-refractivity contribution in [3.8, 4) is 0 Å². The number of hydrogen-bond acceptors (Lipinski definition) is 2. The standard InChI is InChI=1S/C29H38N2O/c1-22(2)11-10-18-31-20-23-16-17-24(21-31)27(23)19-30-28(32)29(3,25-12-6-4-7-13-25)26-14-8-5-9-15-26/h4-9,11-15,23-24,27H,10,16-21H2,1-3H3,(H,30,32). The number of piperidine rings is 1. The van der Waals surface area contributed by atoms with Gasteiger partial charge in [-0.1, -0.05) is 72.3 Å². The minimum absolute atomic E-state index is 0.111. The van der Waals surface area contributed by atoms with Gasteiger partial charge < -0.3 is 10.2 Å². The van der Waals surface area contributed by atoms with E-state index in [4.69, 9.17) is 0 Å². The van der Waals surface area contributed by atoms with Gasteiger partial charge in [-0.2, -0.15) is 0 Å². The van der Waals surface area contributed by atoms with Crippen molar-refractivity contribution >= 4 is 5.91 Å². The number of fused-ring (bicyclic) bond motifs is 2. The fraction of sp³-hybridized carbons (Fsp3) is 0.483. The van der Waals surface area contributed by atoms with E-state index in [-0.39, 0.29) is 5.91 Å². The summed E-state index contributed by atoms with van der Waals surface area (Å²) in [6.07, 6.45) is 6.11. The first-order valence-corrected chi connectivity index (χ1v) is 12.2. The van der Waals surface area contributed by atoms with E-state index >= 15 is 0 Å². The molecule has 2 aromatic carbocycles. The van der Waals surface area contributed by atoms with Gasteiger partial charge in [0.2, 0.25) is 5.91 Å². The SMILES string of the molecule is CC(C)=CCCN1CC2CCC(C1)C2CNC(=O)C(C)(c1ccccc1)c1ccccc1. The van der Waals surface area contributed by atoms with E-state index in [9.17, 15) is 4.79 Å². The maximum Gasteiger partial charge on any atom is 0.234 e. The Morgan fingerprint density at radius 2 is 1.50 bits per heavy atom. The highest BCUT2D eigenvalue weighted by atomic mass is 16.2. The summed E-state index contributed by atoms with van der Waals surface area (Å²) in [6.45, 7) is 10.7. The number of carbonyl (C=O) groups is 1. The normalized spacial score (nSPS) is 23.0. The summed E-state index contributed by atoms with van der Waals surface area (Å²) in [6, 6.07) is 20.4. The molecule has 1 N–H and O–H groups in total. The lowest BCUT2D eigenvalue weighted by Crippen LogP contribution is -2.49. The molecule has 1 amide bonds. The van der Waals surface area contributed by atoms with Gasteiger partial charge in [0, 0.05) is 26.2 Å². The minimum Gasteiger partial charge on any atom is -0.355 e. The molecule has 1 heterocycles. The molecule has 3 heteroatoms. The molecule has 0 spiro atoms. The number of nitrogens with zero attached hydrogens (tertiary/aromatic N) is 1. The predicted octanol–water partition coefficient (Wildman–Crippen LogP) is 5.42. The zero-order chi connectivity index (χ0) is 22.6. The number of amides is 1. The van der Waals surface area contributed by atoms with Crippen LogP contribution in [0.4, 0.5) is 0 Å². The van der Waals surface area contributed by atoms with Gasteiger partial charge in [-0.25, -0.2) is 0 Å². The summed E-state index contributed by atoms with van der Waals surface area (Å²) in [5.41, 5.74) is 2.80. The van der Waals surface area contributed by atoms with Gasteiger partial charge >= 0.3 is 0 Å². The number of benzene rings is 2. The third kappa shape index (κ3) is 4.83. The lowest BCUT2D eigenvalue weighted by atomic mass is 9.75. The Labute approximate surface area is 193 Å². The monoisotopic (exact) mass is 430 g/mol. The summed E-state index contributed by atoms with van der Waals surface area (Å²) in [5.74, 6) is 2.13. The number of carbonyl (C=O) groups excluding carboxylic acids is 1. The molecule has 32 heavy (non-hydrogen) atoms. The van der Waals surface area contributed by atoms with Gasteiger partial charge in [0.15, 0.2) is 0 Å². The Kier molecular flexibility index (Phi) is 7.15. The van der Waals surface area contributed by atoms with Crippen LogP contribution in [0.25, 0.3) is 0 Å². The number of allylic oxidation sites excluding steroid dienone is 1. The van der Waals surface area contributed by atoms with E-state index < -0.39 is 5.41 Å². The van der Waals surface area contributed by atoms with Crippen molar-refractivity contribution in [2.45, 2.75) is 45.4 Å². The van der Waals surface area contributed by atoms with E-state index in [1.165, 1.54) is 31.5 Å². The molecule has 1 aliphatic carbocycles. The molecule has 3 nitrogen and oxygen atoms in total. The molecule has 1 saturated heterocycles. The van der Waals surface area contributed by atoms with Crippen molar-refractivity contribution in [3.63, 3.8) is 0 Å². The molecule has 1 aliphatic heterocycles. The molecule has 4 rings (SSSR count). The summed E-state index contributed by atoms with van der Waals surface area (Å²) in [7, 11) is 0. The maximum atomic E-state index is 13.7. The molecule has 170 valence electrons. The highest BCUT2D eigenvalue weighted by molar-refractivity contribution is 5.91. The summed E-state index contributed by atoms with van der Waals surface area (Å²) >= 11 is 0. The molecule has 2 aliphatic rings. The van der Waals surface area contributed by atoms with Gasteiger partial charge in [0.05, 0.1) is 5.41 Å². The molecule has 1 saturated carbocycles. The third-order valence-electron chi connectivity index (χ3n) is 7.76. The highest BCUT2D eigenvalue weighted by Gasteiger charge is 2.43. The van der Waals surface area contributed by atoms with Crippen LogP contribution in [0.5, 0.6) is 0 Å². The zero-order valence-corrected chi connectivity index (χ0v) is 19.9. The van der Waals surface area contributed by atoms with Gasteiger partial charge in [0.25, 0.3) is 0 Å². The molecular formula is C29H38N2O. The second-order valence-corrected chi connectivity index (χ2v) is 10.2. The van der Waals surface area contributed by atoms with Gasteiger partial charge in [-0.15, -0.1) is 0 Å². The summed E-state index contributed by atoms with van der Waals surface area (Å²) in [5, 5.41) is 3.40. The molecular weight excluding hydrogens is 392 g/mol. The average Bonchev–Trinajstić information content (AvgIpc) is 3.05. The largest absolute Gasteiger partial charge is 0.355 e. The van der Waals surface area contributed by atoms with Crippen LogP contribution in [-0.4, -0.2) is 37.0 Å². The van der Waals surface area contributed by atoms with E-state index in [0.717, 1.165) is 30.6 Å². The topological polar surface area (TPSA) is 32.3 Å². The van der Waals surface area contributed by atoms with Crippen molar-refractivity contribution in [1.82, 2.24) is 10.2 Å². The molecule has 2 atom stereocenters. The van der Waals surface area contributed by atoms with E-state index in [1.807, 2.05) is 36.4 Å². The van der Waals surface area contributed by atoms with Crippen LogP contribution in [0, 0.1) is 17.8 Å². The van der Waals surface area contributed by atoms with Crippen LogP contribution in [0.15, 0.2) is 72.3 Å². The van der Waals surface area contributed by atoms with Crippen LogP contribution < -0.4 is 5.32 Å². The number of nitrogens with one attached hydrogen (secondary N) is 1. The second-order valence-electron chi connectivity index (χ2n) is 10.2. The smallest absolute Gasteiger partial charge is 0.234 e. The van der Waals surface area contributed by atoms with Gasteiger partial charge in [-0.05, 0) is 68.9 Å². The van der Waals surface area contributed by atoms with Crippen molar-refractivity contribution < 1.29 is 4.79 Å². The minimum atomic E-state index is -0.688. The number of likely N-dealkylation sites (tertiary alicyclic amines) is 1. The Balaban J connectivity index is 1.43. The fourth-order valence-electron chi connectivity index (χ4n) is 5.84. The zero-order valence-electron chi connectivity index (χ0n) is 19.9. The van der Waals surface area contributed by atoms with Crippen LogP contribution in [0.3, 0.4) is 0 Å². The second kappa shape index (κ2) is 10.0. The van der Waals surface area contributed by atoms with E-state index in [1.54, 1.807) is 0 Å². The highest BCUT2D eigenvalue weighted by Crippen LogP contribution is 2.42. The summed E-state index contributed by atoms with van der Waals surface area (Å²) < 4.78 is 0. The third-order valence-corrected chi connectivity index (χ3v) is 7.76. The lowest BCUT2D eigenvalue weighted by Gasteiger charge is -2.39.